The first-order valence-electron chi connectivity index (χ1n) is 5.77. The number of nitrogens with zero attached hydrogens (tertiary/aromatic N) is 3. The number of aliphatic carboxylic acids is 1. The highest BCUT2D eigenvalue weighted by atomic mass is 16.4. The van der Waals surface area contributed by atoms with E-state index in [1.165, 1.54) is 0 Å². The number of anilines is 1. The molecule has 1 aliphatic rings. The zero-order valence-corrected chi connectivity index (χ0v) is 10.3. The summed E-state index contributed by atoms with van der Waals surface area (Å²) in [6.07, 6.45) is 1.72. The van der Waals surface area contributed by atoms with Gasteiger partial charge in [-0.25, -0.2) is 4.98 Å². The summed E-state index contributed by atoms with van der Waals surface area (Å²) in [6, 6.07) is 0. The van der Waals surface area contributed by atoms with Gasteiger partial charge in [-0.1, -0.05) is 6.92 Å². The van der Waals surface area contributed by atoms with Gasteiger partial charge >= 0.3 is 5.97 Å². The molecule has 0 amide bonds. The van der Waals surface area contributed by atoms with Crippen LogP contribution in [0.25, 0.3) is 0 Å². The lowest BCUT2D eigenvalue weighted by Crippen LogP contribution is -2.24. The van der Waals surface area contributed by atoms with Gasteiger partial charge in [0.1, 0.15) is 5.82 Å². The van der Waals surface area contributed by atoms with Gasteiger partial charge in [0.15, 0.2) is 0 Å². The van der Waals surface area contributed by atoms with Crippen LogP contribution in [0, 0.1) is 25.7 Å². The van der Waals surface area contributed by atoms with Gasteiger partial charge in [0.25, 0.3) is 0 Å². The van der Waals surface area contributed by atoms with E-state index in [2.05, 4.69) is 9.97 Å². The molecule has 0 spiro atoms. The van der Waals surface area contributed by atoms with E-state index in [1.807, 2.05) is 25.7 Å². The Labute approximate surface area is 100 Å². The van der Waals surface area contributed by atoms with E-state index >= 15 is 0 Å². The lowest BCUT2D eigenvalue weighted by atomic mass is 9.99. The SMILES string of the molecule is Cc1ncc(N2CC(C)C(C(=O)O)C2)nc1C. The Morgan fingerprint density at radius 1 is 1.41 bits per heavy atom. The molecule has 92 valence electrons. The Kier molecular flexibility index (Phi) is 3.00. The van der Waals surface area contributed by atoms with Gasteiger partial charge in [0.2, 0.25) is 0 Å². The van der Waals surface area contributed by atoms with Crippen LogP contribution in [0.4, 0.5) is 5.82 Å². The molecule has 0 aromatic carbocycles. The summed E-state index contributed by atoms with van der Waals surface area (Å²) in [4.78, 5) is 21.8. The Morgan fingerprint density at radius 2 is 2.12 bits per heavy atom. The molecule has 1 aliphatic heterocycles. The summed E-state index contributed by atoms with van der Waals surface area (Å²) in [5.41, 5.74) is 1.81. The first kappa shape index (κ1) is 11.8. The van der Waals surface area contributed by atoms with Crippen LogP contribution in [-0.4, -0.2) is 34.1 Å². The van der Waals surface area contributed by atoms with E-state index in [1.54, 1.807) is 6.20 Å². The normalized spacial score (nSPS) is 24.1. The fourth-order valence-electron chi connectivity index (χ4n) is 2.16. The summed E-state index contributed by atoms with van der Waals surface area (Å²) in [6.45, 7) is 7.05. The van der Waals surface area contributed by atoms with Crippen LogP contribution in [0.15, 0.2) is 6.20 Å². The molecule has 1 saturated heterocycles. The molecule has 1 fully saturated rings. The molecule has 5 heteroatoms. The van der Waals surface area contributed by atoms with Crippen molar-refractivity contribution in [2.24, 2.45) is 11.8 Å². The highest BCUT2D eigenvalue weighted by Crippen LogP contribution is 2.27. The maximum absolute atomic E-state index is 11.0. The van der Waals surface area contributed by atoms with Crippen molar-refractivity contribution in [2.45, 2.75) is 20.8 Å². The van der Waals surface area contributed by atoms with Crippen molar-refractivity contribution in [3.05, 3.63) is 17.6 Å². The van der Waals surface area contributed by atoms with Crippen LogP contribution in [0.5, 0.6) is 0 Å². The predicted octanol–water partition coefficient (Wildman–Crippen LogP) is 1.25. The molecule has 2 unspecified atom stereocenters. The molecule has 0 saturated carbocycles. The van der Waals surface area contributed by atoms with Crippen molar-refractivity contribution in [1.82, 2.24) is 9.97 Å². The van der Waals surface area contributed by atoms with E-state index < -0.39 is 5.97 Å². The van der Waals surface area contributed by atoms with Crippen LogP contribution >= 0.6 is 0 Å². The number of aryl methyl sites for hydroxylation is 2. The maximum Gasteiger partial charge on any atom is 0.308 e. The molecule has 2 atom stereocenters. The molecule has 0 bridgehead atoms. The zero-order valence-electron chi connectivity index (χ0n) is 10.3. The largest absolute Gasteiger partial charge is 0.481 e. The smallest absolute Gasteiger partial charge is 0.308 e. The van der Waals surface area contributed by atoms with Gasteiger partial charge in [-0.2, -0.15) is 0 Å². The first-order chi connectivity index (χ1) is 7.99. The van der Waals surface area contributed by atoms with Crippen molar-refractivity contribution >= 4 is 11.8 Å². The maximum atomic E-state index is 11.0. The van der Waals surface area contributed by atoms with E-state index in [-0.39, 0.29) is 11.8 Å². The quantitative estimate of drug-likeness (QED) is 0.835. The van der Waals surface area contributed by atoms with Gasteiger partial charge < -0.3 is 10.0 Å². The molecular weight excluding hydrogens is 218 g/mol. The van der Waals surface area contributed by atoms with Crippen LogP contribution in [-0.2, 0) is 4.79 Å². The number of hydrogen-bond donors (Lipinski definition) is 1. The molecule has 2 rings (SSSR count). The van der Waals surface area contributed by atoms with Crippen molar-refractivity contribution in [1.29, 1.82) is 0 Å². The second kappa shape index (κ2) is 4.31. The Bertz CT molecular complexity index is 447. The summed E-state index contributed by atoms with van der Waals surface area (Å²) in [7, 11) is 0. The fraction of sp³-hybridized carbons (Fsp3) is 0.583. The summed E-state index contributed by atoms with van der Waals surface area (Å²) >= 11 is 0. The Morgan fingerprint density at radius 3 is 2.65 bits per heavy atom. The molecule has 2 heterocycles. The second-order valence-electron chi connectivity index (χ2n) is 4.73. The summed E-state index contributed by atoms with van der Waals surface area (Å²) in [5.74, 6) is -0.102. The third-order valence-electron chi connectivity index (χ3n) is 3.43. The van der Waals surface area contributed by atoms with Gasteiger partial charge in [-0.05, 0) is 19.8 Å². The zero-order chi connectivity index (χ0) is 12.6. The van der Waals surface area contributed by atoms with Gasteiger partial charge in [0, 0.05) is 13.1 Å². The van der Waals surface area contributed by atoms with E-state index in [0.29, 0.717) is 6.54 Å². The topological polar surface area (TPSA) is 66.3 Å². The molecule has 5 nitrogen and oxygen atoms in total. The average molecular weight is 235 g/mol. The highest BCUT2D eigenvalue weighted by molar-refractivity contribution is 5.72. The third-order valence-corrected chi connectivity index (χ3v) is 3.43. The molecule has 1 N–H and O–H groups in total. The van der Waals surface area contributed by atoms with E-state index in [9.17, 15) is 4.79 Å². The second-order valence-corrected chi connectivity index (χ2v) is 4.73. The number of hydrogen-bond acceptors (Lipinski definition) is 4. The van der Waals surface area contributed by atoms with Crippen LogP contribution < -0.4 is 4.90 Å². The number of aromatic nitrogens is 2. The molecular formula is C12H17N3O2. The van der Waals surface area contributed by atoms with Crippen molar-refractivity contribution in [3.63, 3.8) is 0 Å². The highest BCUT2D eigenvalue weighted by Gasteiger charge is 2.35. The number of carboxylic acids is 1. The van der Waals surface area contributed by atoms with Gasteiger partial charge in [0.05, 0.1) is 23.5 Å². The predicted molar refractivity (Wildman–Crippen MR) is 64.0 cm³/mol. The average Bonchev–Trinajstić information content (AvgIpc) is 2.64. The van der Waals surface area contributed by atoms with Crippen LogP contribution in [0.2, 0.25) is 0 Å². The molecule has 1 aromatic heterocycles. The van der Waals surface area contributed by atoms with Crippen molar-refractivity contribution < 1.29 is 9.90 Å². The number of rotatable bonds is 2. The van der Waals surface area contributed by atoms with Gasteiger partial charge in [-0.3, -0.25) is 9.78 Å². The lowest BCUT2D eigenvalue weighted by Gasteiger charge is -2.17. The van der Waals surface area contributed by atoms with Crippen molar-refractivity contribution in [2.75, 3.05) is 18.0 Å². The summed E-state index contributed by atoms with van der Waals surface area (Å²) < 4.78 is 0. The molecule has 0 aliphatic carbocycles. The minimum Gasteiger partial charge on any atom is -0.481 e. The minimum absolute atomic E-state index is 0.149. The lowest BCUT2D eigenvalue weighted by molar-refractivity contribution is -0.142. The monoisotopic (exact) mass is 235 g/mol. The van der Waals surface area contributed by atoms with Crippen molar-refractivity contribution in [3.8, 4) is 0 Å². The summed E-state index contributed by atoms with van der Waals surface area (Å²) in [5, 5.41) is 9.08. The standard InChI is InChI=1S/C12H17N3O2/c1-7-5-15(6-10(7)12(16)17)11-4-13-8(2)9(3)14-11/h4,7,10H,5-6H2,1-3H3,(H,16,17). The fourth-order valence-corrected chi connectivity index (χ4v) is 2.16. The molecule has 17 heavy (non-hydrogen) atoms. The number of carboxylic acid groups (broad SMARTS) is 1. The third kappa shape index (κ3) is 2.23. The molecule has 1 aromatic rings. The first-order valence-corrected chi connectivity index (χ1v) is 5.77. The Hall–Kier alpha value is -1.65. The molecule has 0 radical (unpaired) electrons. The minimum atomic E-state index is -0.725. The number of carbonyl (C=O) groups is 1. The van der Waals surface area contributed by atoms with Crippen LogP contribution in [0.1, 0.15) is 18.3 Å². The van der Waals surface area contributed by atoms with Crippen LogP contribution in [0.3, 0.4) is 0 Å². The van der Waals surface area contributed by atoms with Gasteiger partial charge in [-0.15, -0.1) is 0 Å². The van der Waals surface area contributed by atoms with E-state index in [0.717, 1.165) is 23.8 Å². The van der Waals surface area contributed by atoms with E-state index in [4.69, 9.17) is 5.11 Å². The Balaban J connectivity index is 2.19.